The molecule has 26 heavy (non-hydrogen) atoms. The van der Waals surface area contributed by atoms with Crippen molar-refractivity contribution < 1.29 is 18.7 Å². The molecule has 1 fully saturated rings. The fourth-order valence-electron chi connectivity index (χ4n) is 2.94. The molecule has 2 aromatic rings. The average molecular weight is 377 g/mol. The lowest BCUT2D eigenvalue weighted by molar-refractivity contribution is -0.139. The lowest BCUT2D eigenvalue weighted by atomic mass is 10.2. The van der Waals surface area contributed by atoms with Crippen LogP contribution in [0.5, 0.6) is 5.75 Å². The normalized spacial score (nSPS) is 15.7. The summed E-state index contributed by atoms with van der Waals surface area (Å²) in [6.45, 7) is 5.56. The van der Waals surface area contributed by atoms with Crippen LogP contribution in [0.1, 0.15) is 22.8 Å². The van der Waals surface area contributed by atoms with Crippen molar-refractivity contribution in [1.29, 1.82) is 0 Å². The number of rotatable bonds is 4. The van der Waals surface area contributed by atoms with Gasteiger partial charge in [-0.25, -0.2) is 0 Å². The van der Waals surface area contributed by atoms with Crippen LogP contribution in [0.15, 0.2) is 41.2 Å². The van der Waals surface area contributed by atoms with Gasteiger partial charge < -0.3 is 19.0 Å². The number of carbonyl (C=O) groups excluding carboxylic acids is 2. The van der Waals surface area contributed by atoms with Crippen molar-refractivity contribution in [1.82, 2.24) is 9.80 Å². The molecule has 0 saturated carbocycles. The Bertz CT molecular complexity index is 783. The standard InChI is InChI=1S/C19H21ClN2O4/c1-13-11-16(20)3-4-17(13)26-14(2)18(23)21-6-8-22(9-7-21)19(24)15-5-10-25-12-15/h3-5,10-12,14H,6-9H2,1-2H3. The van der Waals surface area contributed by atoms with Gasteiger partial charge >= 0.3 is 0 Å². The molecule has 1 unspecified atom stereocenters. The lowest BCUT2D eigenvalue weighted by Gasteiger charge is -2.35. The number of aryl methyl sites for hydroxylation is 1. The zero-order chi connectivity index (χ0) is 18.7. The molecule has 6 nitrogen and oxygen atoms in total. The van der Waals surface area contributed by atoms with E-state index in [4.69, 9.17) is 20.8 Å². The molecule has 0 bridgehead atoms. The first kappa shape index (κ1) is 18.3. The molecule has 3 rings (SSSR count). The molecular weight excluding hydrogens is 356 g/mol. The van der Waals surface area contributed by atoms with Gasteiger partial charge in [-0.3, -0.25) is 9.59 Å². The summed E-state index contributed by atoms with van der Waals surface area (Å²) in [5.41, 5.74) is 1.41. The van der Waals surface area contributed by atoms with E-state index in [0.29, 0.717) is 42.5 Å². The predicted octanol–water partition coefficient (Wildman–Crippen LogP) is 2.99. The minimum absolute atomic E-state index is 0.0769. The third-order valence-corrected chi connectivity index (χ3v) is 4.67. The minimum atomic E-state index is -0.606. The molecule has 0 spiro atoms. The lowest BCUT2D eigenvalue weighted by Crippen LogP contribution is -2.53. The third-order valence-electron chi connectivity index (χ3n) is 4.44. The number of halogens is 1. The maximum Gasteiger partial charge on any atom is 0.263 e. The van der Waals surface area contributed by atoms with Gasteiger partial charge in [0.2, 0.25) is 0 Å². The van der Waals surface area contributed by atoms with Crippen LogP contribution < -0.4 is 4.74 Å². The average Bonchev–Trinajstić information content (AvgIpc) is 3.17. The molecule has 1 aromatic carbocycles. The summed E-state index contributed by atoms with van der Waals surface area (Å²) < 4.78 is 10.8. The van der Waals surface area contributed by atoms with E-state index in [-0.39, 0.29) is 11.8 Å². The highest BCUT2D eigenvalue weighted by Crippen LogP contribution is 2.23. The Balaban J connectivity index is 1.55. The second-order valence-electron chi connectivity index (χ2n) is 6.30. The zero-order valence-corrected chi connectivity index (χ0v) is 15.5. The van der Waals surface area contributed by atoms with Crippen LogP contribution in [-0.2, 0) is 4.79 Å². The van der Waals surface area contributed by atoms with Gasteiger partial charge in [-0.05, 0) is 43.7 Å². The molecule has 0 N–H and O–H groups in total. The Hall–Kier alpha value is -2.47. The highest BCUT2D eigenvalue weighted by atomic mass is 35.5. The molecular formula is C19H21ClN2O4. The number of amides is 2. The Morgan fingerprint density at radius 2 is 1.85 bits per heavy atom. The van der Waals surface area contributed by atoms with Crippen molar-refractivity contribution in [2.24, 2.45) is 0 Å². The van der Waals surface area contributed by atoms with Crippen LogP contribution in [0.25, 0.3) is 0 Å². The number of ether oxygens (including phenoxy) is 1. The highest BCUT2D eigenvalue weighted by molar-refractivity contribution is 6.30. The number of furan rings is 1. The first-order valence-corrected chi connectivity index (χ1v) is 8.86. The molecule has 7 heteroatoms. The zero-order valence-electron chi connectivity index (χ0n) is 14.8. The smallest absolute Gasteiger partial charge is 0.263 e. The molecule has 2 heterocycles. The van der Waals surface area contributed by atoms with Crippen molar-refractivity contribution >= 4 is 23.4 Å². The molecule has 0 radical (unpaired) electrons. The summed E-state index contributed by atoms with van der Waals surface area (Å²) in [4.78, 5) is 28.4. The van der Waals surface area contributed by atoms with Gasteiger partial charge in [0.15, 0.2) is 6.10 Å². The van der Waals surface area contributed by atoms with E-state index in [1.54, 1.807) is 41.0 Å². The molecule has 138 valence electrons. The molecule has 0 aliphatic carbocycles. The van der Waals surface area contributed by atoms with Crippen LogP contribution >= 0.6 is 11.6 Å². The first-order chi connectivity index (χ1) is 12.5. The van der Waals surface area contributed by atoms with Gasteiger partial charge in [0.25, 0.3) is 11.8 Å². The van der Waals surface area contributed by atoms with Crippen molar-refractivity contribution in [2.45, 2.75) is 20.0 Å². The Labute approximate surface area is 157 Å². The van der Waals surface area contributed by atoms with E-state index in [1.807, 2.05) is 6.92 Å². The first-order valence-electron chi connectivity index (χ1n) is 8.49. The second-order valence-corrected chi connectivity index (χ2v) is 6.74. The molecule has 2 amide bonds. The molecule has 1 aromatic heterocycles. The largest absolute Gasteiger partial charge is 0.481 e. The number of benzene rings is 1. The number of nitrogens with zero attached hydrogens (tertiary/aromatic N) is 2. The fourth-order valence-corrected chi connectivity index (χ4v) is 3.17. The number of hydrogen-bond acceptors (Lipinski definition) is 4. The van der Waals surface area contributed by atoms with Crippen molar-refractivity contribution in [3.63, 3.8) is 0 Å². The SMILES string of the molecule is Cc1cc(Cl)ccc1OC(C)C(=O)N1CCN(C(=O)c2ccoc2)CC1. The third kappa shape index (κ3) is 4.02. The predicted molar refractivity (Wildman–Crippen MR) is 97.5 cm³/mol. The van der Waals surface area contributed by atoms with Gasteiger partial charge in [0.05, 0.1) is 11.8 Å². The van der Waals surface area contributed by atoms with Gasteiger partial charge in [-0.2, -0.15) is 0 Å². The van der Waals surface area contributed by atoms with Crippen LogP contribution in [0.3, 0.4) is 0 Å². The number of carbonyl (C=O) groups is 2. The second kappa shape index (κ2) is 7.83. The van der Waals surface area contributed by atoms with Crippen molar-refractivity contribution in [2.75, 3.05) is 26.2 Å². The van der Waals surface area contributed by atoms with Crippen LogP contribution in [0.4, 0.5) is 0 Å². The summed E-state index contributed by atoms with van der Waals surface area (Å²) in [6.07, 6.45) is 2.31. The fraction of sp³-hybridized carbons (Fsp3) is 0.368. The van der Waals surface area contributed by atoms with Crippen molar-refractivity contribution in [3.05, 3.63) is 52.9 Å². The highest BCUT2D eigenvalue weighted by Gasteiger charge is 2.28. The van der Waals surface area contributed by atoms with Crippen LogP contribution in [0, 0.1) is 6.92 Å². The Morgan fingerprint density at radius 1 is 1.15 bits per heavy atom. The molecule has 1 aliphatic heterocycles. The van der Waals surface area contributed by atoms with Gasteiger partial charge in [0, 0.05) is 31.2 Å². The summed E-state index contributed by atoms with van der Waals surface area (Å²) >= 11 is 5.95. The molecule has 1 saturated heterocycles. The van der Waals surface area contributed by atoms with Gasteiger partial charge in [-0.1, -0.05) is 11.6 Å². The Kier molecular flexibility index (Phi) is 5.52. The monoisotopic (exact) mass is 376 g/mol. The number of piperazine rings is 1. The van der Waals surface area contributed by atoms with Gasteiger partial charge in [0.1, 0.15) is 12.0 Å². The quantitative estimate of drug-likeness (QED) is 0.822. The summed E-state index contributed by atoms with van der Waals surface area (Å²) in [5.74, 6) is 0.478. The summed E-state index contributed by atoms with van der Waals surface area (Å²) in [5, 5.41) is 0.632. The van der Waals surface area contributed by atoms with E-state index in [2.05, 4.69) is 0 Å². The van der Waals surface area contributed by atoms with E-state index in [1.165, 1.54) is 12.5 Å². The van der Waals surface area contributed by atoms with Crippen LogP contribution in [0.2, 0.25) is 5.02 Å². The maximum absolute atomic E-state index is 12.6. The molecule has 1 atom stereocenters. The summed E-state index contributed by atoms with van der Waals surface area (Å²) in [7, 11) is 0. The topological polar surface area (TPSA) is 63.0 Å². The minimum Gasteiger partial charge on any atom is -0.481 e. The van der Waals surface area contributed by atoms with Crippen LogP contribution in [-0.4, -0.2) is 53.9 Å². The maximum atomic E-state index is 12.6. The van der Waals surface area contributed by atoms with E-state index in [9.17, 15) is 9.59 Å². The summed E-state index contributed by atoms with van der Waals surface area (Å²) in [6, 6.07) is 6.95. The molecule has 1 aliphatic rings. The van der Waals surface area contributed by atoms with Gasteiger partial charge in [-0.15, -0.1) is 0 Å². The van der Waals surface area contributed by atoms with Crippen molar-refractivity contribution in [3.8, 4) is 5.75 Å². The number of hydrogen-bond donors (Lipinski definition) is 0. The van der Waals surface area contributed by atoms with E-state index < -0.39 is 6.10 Å². The van der Waals surface area contributed by atoms with E-state index >= 15 is 0 Å². The van der Waals surface area contributed by atoms with E-state index in [0.717, 1.165) is 5.56 Å². The Morgan fingerprint density at radius 3 is 2.46 bits per heavy atom.